The quantitative estimate of drug-likeness (QED) is 0.821. The molecule has 112 valence electrons. The number of nitrogens with one attached hydrogen (secondary N) is 1. The molecule has 1 saturated carbocycles. The number of nitrogens with zero attached hydrogens (tertiary/aromatic N) is 3. The summed E-state index contributed by atoms with van der Waals surface area (Å²) in [4.78, 5) is 9.51. The maximum atomic E-state index is 4.70. The largest absolute Gasteiger partial charge is 0.314 e. The Kier molecular flexibility index (Phi) is 5.13. The van der Waals surface area contributed by atoms with Gasteiger partial charge in [0.2, 0.25) is 0 Å². The van der Waals surface area contributed by atoms with Crippen molar-refractivity contribution in [2.45, 2.75) is 37.9 Å². The van der Waals surface area contributed by atoms with Crippen molar-refractivity contribution < 1.29 is 0 Å². The zero-order chi connectivity index (χ0) is 14.6. The number of hydrogen-bond acceptors (Lipinski definition) is 4. The number of hydrogen-bond donors (Lipinski definition) is 1. The van der Waals surface area contributed by atoms with E-state index in [-0.39, 0.29) is 0 Å². The molecule has 20 heavy (non-hydrogen) atoms. The van der Waals surface area contributed by atoms with Crippen LogP contribution in [-0.2, 0) is 13.1 Å². The molecular formula is C16H28N4. The number of pyridine rings is 1. The number of rotatable bonds is 7. The Balaban J connectivity index is 1.94. The maximum absolute atomic E-state index is 4.70. The molecule has 1 aromatic rings. The van der Waals surface area contributed by atoms with E-state index < -0.39 is 0 Å². The van der Waals surface area contributed by atoms with Gasteiger partial charge in [0, 0.05) is 25.2 Å². The van der Waals surface area contributed by atoms with Gasteiger partial charge in [-0.15, -0.1) is 0 Å². The van der Waals surface area contributed by atoms with Crippen molar-refractivity contribution >= 4 is 0 Å². The molecule has 0 amide bonds. The first-order chi connectivity index (χ1) is 9.55. The molecule has 0 aliphatic heterocycles. The van der Waals surface area contributed by atoms with E-state index in [0.29, 0.717) is 5.54 Å². The molecule has 1 aliphatic carbocycles. The SMILES string of the molecule is CNCc1cccc(CN(C)CC2(N(C)C)CCC2)n1. The van der Waals surface area contributed by atoms with Crippen molar-refractivity contribution in [2.24, 2.45) is 0 Å². The lowest BCUT2D eigenvalue weighted by atomic mass is 9.75. The van der Waals surface area contributed by atoms with Gasteiger partial charge in [-0.1, -0.05) is 6.07 Å². The fraction of sp³-hybridized carbons (Fsp3) is 0.688. The molecule has 1 aliphatic rings. The molecule has 1 heterocycles. The fourth-order valence-corrected chi connectivity index (χ4v) is 3.06. The van der Waals surface area contributed by atoms with Gasteiger partial charge in [0.1, 0.15) is 0 Å². The van der Waals surface area contributed by atoms with Crippen LogP contribution in [0.3, 0.4) is 0 Å². The molecule has 4 nitrogen and oxygen atoms in total. The van der Waals surface area contributed by atoms with Crippen molar-refractivity contribution in [2.75, 3.05) is 34.7 Å². The van der Waals surface area contributed by atoms with Crippen LogP contribution in [0.5, 0.6) is 0 Å². The van der Waals surface area contributed by atoms with Gasteiger partial charge in [-0.3, -0.25) is 9.88 Å². The highest BCUT2D eigenvalue weighted by Crippen LogP contribution is 2.36. The van der Waals surface area contributed by atoms with Gasteiger partial charge in [-0.2, -0.15) is 0 Å². The van der Waals surface area contributed by atoms with E-state index in [1.165, 1.54) is 19.3 Å². The molecule has 4 heteroatoms. The van der Waals surface area contributed by atoms with E-state index >= 15 is 0 Å². The van der Waals surface area contributed by atoms with Gasteiger partial charge in [0.05, 0.1) is 11.4 Å². The van der Waals surface area contributed by atoms with Crippen molar-refractivity contribution in [1.82, 2.24) is 20.1 Å². The third-order valence-corrected chi connectivity index (χ3v) is 4.45. The molecule has 1 fully saturated rings. The normalized spacial score (nSPS) is 17.5. The standard InChI is InChI=1S/C16H28N4/c1-17-11-14-7-5-8-15(18-14)12-20(4)13-16(19(2)3)9-6-10-16/h5,7-8,17H,6,9-13H2,1-4H3. The maximum Gasteiger partial charge on any atom is 0.0547 e. The summed E-state index contributed by atoms with van der Waals surface area (Å²) in [6, 6.07) is 6.31. The average Bonchev–Trinajstić information content (AvgIpc) is 2.34. The summed E-state index contributed by atoms with van der Waals surface area (Å²) < 4.78 is 0. The van der Waals surface area contributed by atoms with Crippen molar-refractivity contribution in [3.05, 3.63) is 29.6 Å². The van der Waals surface area contributed by atoms with Crippen molar-refractivity contribution in [1.29, 1.82) is 0 Å². The Bertz CT molecular complexity index is 426. The Morgan fingerprint density at radius 2 is 1.90 bits per heavy atom. The predicted molar refractivity (Wildman–Crippen MR) is 83.6 cm³/mol. The summed E-state index contributed by atoms with van der Waals surface area (Å²) in [6.07, 6.45) is 4.00. The summed E-state index contributed by atoms with van der Waals surface area (Å²) in [5.41, 5.74) is 2.66. The van der Waals surface area contributed by atoms with Crippen LogP contribution < -0.4 is 5.32 Å². The molecule has 1 aromatic heterocycles. The average molecular weight is 276 g/mol. The number of aromatic nitrogens is 1. The van der Waals surface area contributed by atoms with Gasteiger partial charge in [0.25, 0.3) is 0 Å². The van der Waals surface area contributed by atoms with E-state index in [2.05, 4.69) is 54.5 Å². The second-order valence-electron chi connectivity index (χ2n) is 6.30. The lowest BCUT2D eigenvalue weighted by Gasteiger charge is -2.49. The van der Waals surface area contributed by atoms with E-state index in [1.54, 1.807) is 0 Å². The minimum atomic E-state index is 0.386. The minimum Gasteiger partial charge on any atom is -0.314 e. The Labute approximate surface area is 123 Å². The van der Waals surface area contributed by atoms with Crippen molar-refractivity contribution in [3.8, 4) is 0 Å². The van der Waals surface area contributed by atoms with Gasteiger partial charge < -0.3 is 10.2 Å². The molecule has 0 aromatic carbocycles. The van der Waals surface area contributed by atoms with E-state index in [4.69, 9.17) is 4.98 Å². The molecule has 0 atom stereocenters. The van der Waals surface area contributed by atoms with E-state index in [1.807, 2.05) is 7.05 Å². The molecule has 0 radical (unpaired) electrons. The Morgan fingerprint density at radius 3 is 2.45 bits per heavy atom. The topological polar surface area (TPSA) is 31.4 Å². The molecule has 0 saturated heterocycles. The zero-order valence-electron chi connectivity index (χ0n) is 13.3. The van der Waals surface area contributed by atoms with Gasteiger partial charge in [-0.25, -0.2) is 0 Å². The van der Waals surface area contributed by atoms with Crippen LogP contribution in [0.1, 0.15) is 30.7 Å². The first kappa shape index (κ1) is 15.4. The summed E-state index contributed by atoms with van der Waals surface area (Å²) in [7, 11) is 8.57. The lowest BCUT2D eigenvalue weighted by molar-refractivity contribution is 0.0256. The Morgan fingerprint density at radius 1 is 1.20 bits per heavy atom. The second kappa shape index (κ2) is 6.66. The van der Waals surface area contributed by atoms with Crippen LogP contribution in [0.15, 0.2) is 18.2 Å². The molecule has 2 rings (SSSR count). The first-order valence-electron chi connectivity index (χ1n) is 7.51. The summed E-state index contributed by atoms with van der Waals surface area (Å²) >= 11 is 0. The van der Waals surface area contributed by atoms with Gasteiger partial charge in [0.15, 0.2) is 0 Å². The monoisotopic (exact) mass is 276 g/mol. The first-order valence-corrected chi connectivity index (χ1v) is 7.51. The minimum absolute atomic E-state index is 0.386. The molecular weight excluding hydrogens is 248 g/mol. The summed E-state index contributed by atoms with van der Waals surface area (Å²) in [5.74, 6) is 0. The van der Waals surface area contributed by atoms with Crippen LogP contribution in [0.2, 0.25) is 0 Å². The second-order valence-corrected chi connectivity index (χ2v) is 6.30. The van der Waals surface area contributed by atoms with E-state index in [0.717, 1.165) is 31.0 Å². The van der Waals surface area contributed by atoms with Crippen LogP contribution >= 0.6 is 0 Å². The van der Waals surface area contributed by atoms with E-state index in [9.17, 15) is 0 Å². The number of likely N-dealkylation sites (N-methyl/N-ethyl adjacent to an activating group) is 2. The smallest absolute Gasteiger partial charge is 0.0547 e. The molecule has 0 bridgehead atoms. The molecule has 1 N–H and O–H groups in total. The summed E-state index contributed by atoms with van der Waals surface area (Å²) in [6.45, 7) is 2.88. The Hall–Kier alpha value is -0.970. The predicted octanol–water partition coefficient (Wildman–Crippen LogP) is 1.72. The van der Waals surface area contributed by atoms with Crippen LogP contribution in [0.25, 0.3) is 0 Å². The van der Waals surface area contributed by atoms with Crippen LogP contribution in [-0.4, -0.2) is 55.1 Å². The third-order valence-electron chi connectivity index (χ3n) is 4.45. The zero-order valence-corrected chi connectivity index (χ0v) is 13.3. The molecule has 0 spiro atoms. The van der Waals surface area contributed by atoms with Crippen LogP contribution in [0, 0.1) is 0 Å². The van der Waals surface area contributed by atoms with Crippen molar-refractivity contribution in [3.63, 3.8) is 0 Å². The van der Waals surface area contributed by atoms with Gasteiger partial charge in [-0.05, 0) is 59.6 Å². The lowest BCUT2D eigenvalue weighted by Crippen LogP contribution is -2.56. The highest BCUT2D eigenvalue weighted by atomic mass is 15.2. The van der Waals surface area contributed by atoms with Gasteiger partial charge >= 0.3 is 0 Å². The molecule has 0 unspecified atom stereocenters. The van der Waals surface area contributed by atoms with Crippen LogP contribution in [0.4, 0.5) is 0 Å². The highest BCUT2D eigenvalue weighted by Gasteiger charge is 2.39. The highest BCUT2D eigenvalue weighted by molar-refractivity contribution is 5.11. The fourth-order valence-electron chi connectivity index (χ4n) is 3.06. The summed E-state index contributed by atoms with van der Waals surface area (Å²) in [5, 5.41) is 3.15. The third kappa shape index (κ3) is 3.57.